The van der Waals surface area contributed by atoms with E-state index in [2.05, 4.69) is 10.0 Å². The van der Waals surface area contributed by atoms with E-state index in [9.17, 15) is 22.4 Å². The van der Waals surface area contributed by atoms with E-state index in [0.717, 1.165) is 0 Å². The molecule has 1 saturated heterocycles. The third-order valence-corrected chi connectivity index (χ3v) is 7.92. The SMILES string of the molecule is CCOc1cc(NC(=O)C2CCN(C)C(=O)C2)ccc1S(=O)(=O)Nc1cccc(C(C)C(C)(C)F)c1. The van der Waals surface area contributed by atoms with E-state index in [0.29, 0.717) is 29.9 Å². The second-order valence-corrected chi connectivity index (χ2v) is 11.3. The second-order valence-electron chi connectivity index (χ2n) is 9.61. The maximum absolute atomic E-state index is 14.4. The molecule has 8 nitrogen and oxygen atoms in total. The Hall–Kier alpha value is -3.14. The summed E-state index contributed by atoms with van der Waals surface area (Å²) in [6, 6.07) is 10.9. The van der Waals surface area contributed by atoms with Gasteiger partial charge in [-0.3, -0.25) is 14.3 Å². The van der Waals surface area contributed by atoms with Crippen LogP contribution in [-0.2, 0) is 19.6 Å². The van der Waals surface area contributed by atoms with Crippen molar-refractivity contribution >= 4 is 33.2 Å². The lowest BCUT2D eigenvalue weighted by atomic mass is 9.88. The van der Waals surface area contributed by atoms with Gasteiger partial charge in [0.2, 0.25) is 11.8 Å². The smallest absolute Gasteiger partial charge is 0.265 e. The van der Waals surface area contributed by atoms with Crippen LogP contribution < -0.4 is 14.8 Å². The van der Waals surface area contributed by atoms with Gasteiger partial charge in [-0.2, -0.15) is 0 Å². The van der Waals surface area contributed by atoms with Gasteiger partial charge < -0.3 is 15.0 Å². The average Bonchev–Trinajstić information content (AvgIpc) is 2.80. The molecule has 2 N–H and O–H groups in total. The van der Waals surface area contributed by atoms with Crippen LogP contribution in [0, 0.1) is 5.92 Å². The Bertz CT molecular complexity index is 1230. The Balaban J connectivity index is 1.81. The van der Waals surface area contributed by atoms with Crippen LogP contribution in [0.1, 0.15) is 52.0 Å². The second kappa shape index (κ2) is 10.9. The highest BCUT2D eigenvalue weighted by Crippen LogP contribution is 2.34. The van der Waals surface area contributed by atoms with Crippen molar-refractivity contribution in [1.82, 2.24) is 4.90 Å². The first-order valence-corrected chi connectivity index (χ1v) is 13.4. The lowest BCUT2D eigenvalue weighted by molar-refractivity contribution is -0.137. The highest BCUT2D eigenvalue weighted by molar-refractivity contribution is 7.92. The predicted molar refractivity (Wildman–Crippen MR) is 137 cm³/mol. The minimum atomic E-state index is -4.05. The molecule has 1 aliphatic heterocycles. The summed E-state index contributed by atoms with van der Waals surface area (Å²) in [6.45, 7) is 7.15. The summed E-state index contributed by atoms with van der Waals surface area (Å²) in [6.07, 6.45) is 0.689. The molecule has 0 spiro atoms. The van der Waals surface area contributed by atoms with Crippen LogP contribution in [0.2, 0.25) is 0 Å². The van der Waals surface area contributed by atoms with Crippen LogP contribution in [0.3, 0.4) is 0 Å². The highest BCUT2D eigenvalue weighted by atomic mass is 32.2. The number of piperidine rings is 1. The number of likely N-dealkylation sites (tertiary alicyclic amines) is 1. The molecule has 1 heterocycles. The lowest BCUT2D eigenvalue weighted by Gasteiger charge is -2.28. The van der Waals surface area contributed by atoms with E-state index in [1.54, 1.807) is 50.1 Å². The number of sulfonamides is 1. The summed E-state index contributed by atoms with van der Waals surface area (Å²) in [5, 5.41) is 2.77. The molecule has 3 rings (SSSR count). The van der Waals surface area contributed by atoms with Crippen LogP contribution in [0.4, 0.5) is 15.8 Å². The molecule has 2 unspecified atom stereocenters. The van der Waals surface area contributed by atoms with Crippen molar-refractivity contribution in [3.05, 3.63) is 48.0 Å². The fourth-order valence-corrected chi connectivity index (χ4v) is 5.14. The molecular weight excluding hydrogens is 485 g/mol. The third-order valence-electron chi connectivity index (χ3n) is 6.50. The fourth-order valence-electron chi connectivity index (χ4n) is 3.97. The van der Waals surface area contributed by atoms with Crippen molar-refractivity contribution in [2.75, 3.05) is 30.2 Å². The number of benzene rings is 2. The largest absolute Gasteiger partial charge is 0.492 e. The topological polar surface area (TPSA) is 105 Å². The van der Waals surface area contributed by atoms with Crippen molar-refractivity contribution < 1.29 is 27.1 Å². The standard InChI is InChI=1S/C26H34FN3O5S/c1-6-35-22-16-20(28-25(32)19-12-13-30(5)24(31)15-19)10-11-23(22)36(33,34)29-21-9-7-8-18(14-21)17(2)26(3,4)27/h7-11,14,16-17,19,29H,6,12-13,15H2,1-5H3,(H,28,32). The number of ether oxygens (including phenoxy) is 1. The van der Waals surface area contributed by atoms with Crippen molar-refractivity contribution in [1.29, 1.82) is 0 Å². The molecule has 2 amide bonds. The Morgan fingerprint density at radius 2 is 1.94 bits per heavy atom. The summed E-state index contributed by atoms with van der Waals surface area (Å²) >= 11 is 0. The maximum atomic E-state index is 14.4. The molecular formula is C26H34FN3O5S. The molecule has 0 radical (unpaired) electrons. The van der Waals surface area contributed by atoms with Gasteiger partial charge in [0.15, 0.2) is 0 Å². The van der Waals surface area contributed by atoms with Crippen molar-refractivity contribution in [3.63, 3.8) is 0 Å². The molecule has 10 heteroatoms. The maximum Gasteiger partial charge on any atom is 0.265 e. The molecule has 2 atom stereocenters. The Morgan fingerprint density at radius 1 is 1.22 bits per heavy atom. The van der Waals surface area contributed by atoms with Gasteiger partial charge in [0.25, 0.3) is 10.0 Å². The normalized spacial score (nSPS) is 17.4. The van der Waals surface area contributed by atoms with Gasteiger partial charge in [-0.25, -0.2) is 12.8 Å². The van der Waals surface area contributed by atoms with Gasteiger partial charge in [0, 0.05) is 49.3 Å². The first kappa shape index (κ1) is 27.4. The molecule has 0 aliphatic carbocycles. The Kier molecular flexibility index (Phi) is 8.28. The zero-order valence-electron chi connectivity index (χ0n) is 21.3. The number of amides is 2. The highest BCUT2D eigenvalue weighted by Gasteiger charge is 2.30. The molecule has 2 aromatic rings. The Labute approximate surface area is 212 Å². The van der Waals surface area contributed by atoms with Crippen LogP contribution in [-0.4, -0.2) is 51.0 Å². The number of hydrogen-bond donors (Lipinski definition) is 2. The van der Waals surface area contributed by atoms with Crippen molar-refractivity contribution in [3.8, 4) is 5.75 Å². The summed E-state index contributed by atoms with van der Waals surface area (Å²) < 4.78 is 49.0. The summed E-state index contributed by atoms with van der Waals surface area (Å²) in [5.41, 5.74) is -0.135. The zero-order valence-corrected chi connectivity index (χ0v) is 22.1. The molecule has 1 fully saturated rings. The minimum absolute atomic E-state index is 0.0802. The van der Waals surface area contributed by atoms with Gasteiger partial charge in [-0.05, 0) is 57.0 Å². The summed E-state index contributed by atoms with van der Waals surface area (Å²) in [5.74, 6) is -1.19. The van der Waals surface area contributed by atoms with E-state index >= 15 is 0 Å². The third kappa shape index (κ3) is 6.54. The van der Waals surface area contributed by atoms with E-state index in [-0.39, 0.29) is 35.5 Å². The van der Waals surface area contributed by atoms with Crippen LogP contribution in [0.25, 0.3) is 0 Å². The minimum Gasteiger partial charge on any atom is -0.492 e. The number of nitrogens with one attached hydrogen (secondary N) is 2. The number of anilines is 2. The first-order valence-electron chi connectivity index (χ1n) is 11.9. The van der Waals surface area contributed by atoms with Crippen LogP contribution in [0.15, 0.2) is 47.4 Å². The number of rotatable bonds is 9. The van der Waals surface area contributed by atoms with E-state index in [4.69, 9.17) is 4.74 Å². The quantitative estimate of drug-likeness (QED) is 0.506. The number of carbonyl (C=O) groups is 2. The van der Waals surface area contributed by atoms with Gasteiger partial charge in [0.05, 0.1) is 6.61 Å². The molecule has 2 aromatic carbocycles. The van der Waals surface area contributed by atoms with Gasteiger partial charge >= 0.3 is 0 Å². The zero-order chi connectivity index (χ0) is 26.7. The van der Waals surface area contributed by atoms with Gasteiger partial charge in [0.1, 0.15) is 16.3 Å². The summed E-state index contributed by atoms with van der Waals surface area (Å²) in [4.78, 5) is 26.1. The van der Waals surface area contributed by atoms with Crippen LogP contribution >= 0.6 is 0 Å². The number of hydrogen-bond acceptors (Lipinski definition) is 5. The van der Waals surface area contributed by atoms with E-state index in [1.807, 2.05) is 0 Å². The van der Waals surface area contributed by atoms with E-state index < -0.39 is 27.5 Å². The molecule has 196 valence electrons. The van der Waals surface area contributed by atoms with Crippen molar-refractivity contribution in [2.24, 2.45) is 5.92 Å². The summed E-state index contributed by atoms with van der Waals surface area (Å²) in [7, 11) is -2.35. The van der Waals surface area contributed by atoms with Crippen LogP contribution in [0.5, 0.6) is 5.75 Å². The number of halogens is 1. The molecule has 0 bridgehead atoms. The van der Waals surface area contributed by atoms with Gasteiger partial charge in [-0.15, -0.1) is 0 Å². The monoisotopic (exact) mass is 519 g/mol. The molecule has 0 saturated carbocycles. The number of alkyl halides is 1. The molecule has 1 aliphatic rings. The van der Waals surface area contributed by atoms with E-state index in [1.165, 1.54) is 32.0 Å². The van der Waals surface area contributed by atoms with Gasteiger partial charge in [-0.1, -0.05) is 19.1 Å². The number of carbonyl (C=O) groups excluding carboxylic acids is 2. The number of nitrogens with zero attached hydrogens (tertiary/aromatic N) is 1. The lowest BCUT2D eigenvalue weighted by Crippen LogP contribution is -2.39. The molecule has 36 heavy (non-hydrogen) atoms. The predicted octanol–water partition coefficient (Wildman–Crippen LogP) is 4.54. The fraction of sp³-hybridized carbons (Fsp3) is 0.462. The molecule has 0 aromatic heterocycles. The first-order chi connectivity index (χ1) is 16.8. The average molecular weight is 520 g/mol. The van der Waals surface area contributed by atoms with Crippen molar-refractivity contribution in [2.45, 2.75) is 57.0 Å². The Morgan fingerprint density at radius 3 is 2.58 bits per heavy atom.